The molecule has 0 aliphatic rings. The number of hydrogen-bond donors (Lipinski definition) is 2. The lowest BCUT2D eigenvalue weighted by Crippen LogP contribution is -2.24. The highest BCUT2D eigenvalue weighted by Gasteiger charge is 2.19. The van der Waals surface area contributed by atoms with E-state index in [9.17, 15) is 13.6 Å². The van der Waals surface area contributed by atoms with Crippen LogP contribution >= 0.6 is 11.6 Å². The van der Waals surface area contributed by atoms with Gasteiger partial charge in [-0.05, 0) is 54.3 Å². The Hall–Kier alpha value is -3.77. The number of aromatic nitrogens is 2. The Bertz CT molecular complexity index is 1370. The molecule has 4 nitrogen and oxygen atoms in total. The molecule has 0 radical (unpaired) electrons. The van der Waals surface area contributed by atoms with Crippen LogP contribution in [-0.2, 0) is 11.2 Å². The third-order valence-corrected chi connectivity index (χ3v) is 5.80. The van der Waals surface area contributed by atoms with Crippen LogP contribution < -0.4 is 5.32 Å². The van der Waals surface area contributed by atoms with E-state index >= 15 is 0 Å². The lowest BCUT2D eigenvalue weighted by Gasteiger charge is -2.16. The Balaban J connectivity index is 1.51. The van der Waals surface area contributed by atoms with E-state index in [2.05, 4.69) is 22.1 Å². The zero-order valence-electron chi connectivity index (χ0n) is 18.2. The zero-order chi connectivity index (χ0) is 24.1. The molecule has 0 spiro atoms. The van der Waals surface area contributed by atoms with E-state index < -0.39 is 17.6 Å². The van der Waals surface area contributed by atoms with Crippen LogP contribution in [0.3, 0.4) is 0 Å². The molecular weight excluding hydrogens is 456 g/mol. The first-order valence-electron chi connectivity index (χ1n) is 10.7. The highest BCUT2D eigenvalue weighted by atomic mass is 35.5. The summed E-state index contributed by atoms with van der Waals surface area (Å²) in [5.74, 6) is -2.19. The number of fused-ring (bicyclic) bond motifs is 1. The molecule has 0 saturated carbocycles. The Labute approximate surface area is 201 Å². The van der Waals surface area contributed by atoms with Crippen LogP contribution in [0, 0.1) is 17.6 Å². The number of anilines is 1. The van der Waals surface area contributed by atoms with Gasteiger partial charge in [-0.3, -0.25) is 9.89 Å². The van der Waals surface area contributed by atoms with Crippen molar-refractivity contribution in [1.29, 1.82) is 0 Å². The van der Waals surface area contributed by atoms with Gasteiger partial charge in [0.15, 0.2) is 5.82 Å². The number of nitrogens with zero attached hydrogens (tertiary/aromatic N) is 1. The highest BCUT2D eigenvalue weighted by Crippen LogP contribution is 2.27. The third-order valence-electron chi connectivity index (χ3n) is 5.51. The average molecular weight is 478 g/mol. The highest BCUT2D eigenvalue weighted by molar-refractivity contribution is 6.30. The standard InChI is InChI=1S/C27H22ClF2N3O/c1-17(25-23(29)13-12-22(28)26(25)30)6-5-9-19(14-18-7-3-2-4-8-18)27(34)32-21-11-10-20-16-31-33-24(20)15-21/h2-8,10-13,15-16,19H,1,9,14H2,(H,31,33)(H,32,34)/b6-5-. The second kappa shape index (κ2) is 10.4. The summed E-state index contributed by atoms with van der Waals surface area (Å²) in [7, 11) is 0. The molecule has 0 fully saturated rings. The average Bonchev–Trinajstić information content (AvgIpc) is 3.30. The number of rotatable bonds is 8. The van der Waals surface area contributed by atoms with E-state index in [-0.39, 0.29) is 22.1 Å². The number of hydrogen-bond acceptors (Lipinski definition) is 2. The van der Waals surface area contributed by atoms with Gasteiger partial charge in [0.25, 0.3) is 0 Å². The van der Waals surface area contributed by atoms with Crippen molar-refractivity contribution in [3.8, 4) is 0 Å². The van der Waals surface area contributed by atoms with E-state index in [4.69, 9.17) is 11.6 Å². The first kappa shape index (κ1) is 23.4. The van der Waals surface area contributed by atoms with Crippen LogP contribution in [-0.4, -0.2) is 16.1 Å². The molecule has 1 unspecified atom stereocenters. The third kappa shape index (κ3) is 5.41. The van der Waals surface area contributed by atoms with E-state index in [0.29, 0.717) is 18.5 Å². The molecule has 0 saturated heterocycles. The van der Waals surface area contributed by atoms with Crippen LogP contribution in [0.15, 0.2) is 85.6 Å². The first-order chi connectivity index (χ1) is 16.4. The summed E-state index contributed by atoms with van der Waals surface area (Å²) in [6.07, 6.45) is 5.76. The lowest BCUT2D eigenvalue weighted by molar-refractivity contribution is -0.119. The van der Waals surface area contributed by atoms with Gasteiger partial charge in [-0.2, -0.15) is 5.10 Å². The molecule has 0 bridgehead atoms. The lowest BCUT2D eigenvalue weighted by atomic mass is 9.94. The summed E-state index contributed by atoms with van der Waals surface area (Å²) < 4.78 is 28.5. The molecule has 0 aliphatic heterocycles. The van der Waals surface area contributed by atoms with Crippen molar-refractivity contribution in [3.05, 3.63) is 113 Å². The fraction of sp³-hybridized carbons (Fsp3) is 0.111. The molecule has 3 aromatic carbocycles. The molecule has 1 amide bonds. The molecule has 34 heavy (non-hydrogen) atoms. The Morgan fingerprint density at radius 2 is 1.94 bits per heavy atom. The summed E-state index contributed by atoms with van der Waals surface area (Å²) >= 11 is 5.79. The summed E-state index contributed by atoms with van der Waals surface area (Å²) in [4.78, 5) is 13.2. The number of carbonyl (C=O) groups excluding carboxylic acids is 1. The maximum absolute atomic E-state index is 14.3. The molecule has 4 rings (SSSR count). The minimum Gasteiger partial charge on any atom is -0.326 e. The van der Waals surface area contributed by atoms with Crippen molar-refractivity contribution in [2.75, 3.05) is 5.32 Å². The van der Waals surface area contributed by atoms with Gasteiger partial charge in [-0.25, -0.2) is 8.78 Å². The molecular formula is C27H22ClF2N3O. The quantitative estimate of drug-likeness (QED) is 0.213. The summed E-state index contributed by atoms with van der Waals surface area (Å²) in [6, 6.07) is 17.4. The summed E-state index contributed by atoms with van der Waals surface area (Å²) in [5.41, 5.74) is 2.34. The van der Waals surface area contributed by atoms with Gasteiger partial charge < -0.3 is 5.32 Å². The number of carbonyl (C=O) groups is 1. The normalized spacial score (nSPS) is 12.2. The summed E-state index contributed by atoms with van der Waals surface area (Å²) in [5, 5.41) is 10.6. The van der Waals surface area contributed by atoms with Crippen LogP contribution in [0.5, 0.6) is 0 Å². The maximum Gasteiger partial charge on any atom is 0.228 e. The fourth-order valence-electron chi connectivity index (χ4n) is 3.72. The van der Waals surface area contributed by atoms with Crippen molar-refractivity contribution in [1.82, 2.24) is 10.2 Å². The number of H-pyrrole nitrogens is 1. The predicted molar refractivity (Wildman–Crippen MR) is 133 cm³/mol. The number of benzene rings is 3. The van der Waals surface area contributed by atoms with E-state index in [0.717, 1.165) is 28.6 Å². The topological polar surface area (TPSA) is 57.8 Å². The first-order valence-corrected chi connectivity index (χ1v) is 11.1. The second-order valence-corrected chi connectivity index (χ2v) is 8.34. The van der Waals surface area contributed by atoms with Crippen molar-refractivity contribution < 1.29 is 13.6 Å². The van der Waals surface area contributed by atoms with Gasteiger partial charge in [-0.1, -0.05) is 60.7 Å². The van der Waals surface area contributed by atoms with Crippen molar-refractivity contribution in [2.24, 2.45) is 5.92 Å². The monoisotopic (exact) mass is 477 g/mol. The fourth-order valence-corrected chi connectivity index (χ4v) is 3.88. The number of allylic oxidation sites excluding steroid dienone is 3. The van der Waals surface area contributed by atoms with Gasteiger partial charge in [0.2, 0.25) is 5.91 Å². The van der Waals surface area contributed by atoms with Gasteiger partial charge in [0, 0.05) is 17.0 Å². The van der Waals surface area contributed by atoms with Gasteiger partial charge in [0.1, 0.15) is 5.82 Å². The molecule has 1 aromatic heterocycles. The molecule has 1 atom stereocenters. The largest absolute Gasteiger partial charge is 0.326 e. The molecule has 4 aromatic rings. The molecule has 7 heteroatoms. The number of nitrogens with one attached hydrogen (secondary N) is 2. The smallest absolute Gasteiger partial charge is 0.228 e. The maximum atomic E-state index is 14.3. The van der Waals surface area contributed by atoms with Crippen LogP contribution in [0.2, 0.25) is 5.02 Å². The van der Waals surface area contributed by atoms with Crippen molar-refractivity contribution >= 4 is 39.7 Å². The zero-order valence-corrected chi connectivity index (χ0v) is 18.9. The van der Waals surface area contributed by atoms with Crippen molar-refractivity contribution in [3.63, 3.8) is 0 Å². The van der Waals surface area contributed by atoms with Gasteiger partial charge >= 0.3 is 0 Å². The minimum atomic E-state index is -0.857. The Kier molecular flexibility index (Phi) is 7.18. The molecule has 1 heterocycles. The van der Waals surface area contributed by atoms with E-state index in [1.807, 2.05) is 48.5 Å². The Morgan fingerprint density at radius 1 is 1.15 bits per heavy atom. The minimum absolute atomic E-state index is 0.140. The summed E-state index contributed by atoms with van der Waals surface area (Å²) in [6.45, 7) is 3.77. The van der Waals surface area contributed by atoms with Crippen LogP contribution in [0.25, 0.3) is 16.5 Å². The number of amides is 1. The second-order valence-electron chi connectivity index (χ2n) is 7.93. The van der Waals surface area contributed by atoms with Crippen LogP contribution in [0.1, 0.15) is 17.5 Å². The molecule has 2 N–H and O–H groups in total. The van der Waals surface area contributed by atoms with E-state index in [1.54, 1.807) is 12.3 Å². The molecule has 172 valence electrons. The molecule has 0 aliphatic carbocycles. The predicted octanol–water partition coefficient (Wildman–Crippen LogP) is 6.95. The van der Waals surface area contributed by atoms with Gasteiger partial charge in [0.05, 0.1) is 22.3 Å². The van der Waals surface area contributed by atoms with E-state index in [1.165, 1.54) is 6.08 Å². The number of halogens is 3. The number of aromatic amines is 1. The van der Waals surface area contributed by atoms with Gasteiger partial charge in [-0.15, -0.1) is 0 Å². The van der Waals surface area contributed by atoms with Crippen molar-refractivity contribution in [2.45, 2.75) is 12.8 Å². The Morgan fingerprint density at radius 3 is 2.74 bits per heavy atom. The SMILES string of the molecule is C=C(/C=C\CC(Cc1ccccc1)C(=O)Nc1ccc2cn[nH]c2c1)c1c(F)ccc(Cl)c1F. The van der Waals surface area contributed by atoms with Crippen LogP contribution in [0.4, 0.5) is 14.5 Å².